The molecule has 1 aliphatic rings. The summed E-state index contributed by atoms with van der Waals surface area (Å²) in [6, 6.07) is 5.33. The predicted molar refractivity (Wildman–Crippen MR) is 61.6 cm³/mol. The fraction of sp³-hybridized carbons (Fsp3) is 0.333. The van der Waals surface area contributed by atoms with Gasteiger partial charge >= 0.3 is 0 Å². The largest absolute Gasteiger partial charge is 0.326 e. The number of hydrogen-bond donors (Lipinski definition) is 1. The zero-order valence-corrected chi connectivity index (χ0v) is 9.11. The van der Waals surface area contributed by atoms with Crippen LogP contribution in [0.4, 0.5) is 4.39 Å². The van der Waals surface area contributed by atoms with E-state index in [4.69, 9.17) is 5.73 Å². The van der Waals surface area contributed by atoms with Crippen LogP contribution < -0.4 is 5.73 Å². The number of rotatable bonds is 2. The zero-order valence-electron chi connectivity index (χ0n) is 8.29. The van der Waals surface area contributed by atoms with Gasteiger partial charge in [0.1, 0.15) is 5.82 Å². The summed E-state index contributed by atoms with van der Waals surface area (Å²) in [5.41, 5.74) is 7.03. The lowest BCUT2D eigenvalue weighted by Crippen LogP contribution is -1.96. The molecule has 0 atom stereocenters. The lowest BCUT2D eigenvalue weighted by Gasteiger charge is -1.99. The van der Waals surface area contributed by atoms with Crippen LogP contribution in [0.15, 0.2) is 18.2 Å². The molecule has 0 amide bonds. The van der Waals surface area contributed by atoms with Gasteiger partial charge in [0.15, 0.2) is 0 Å². The molecule has 1 fully saturated rings. The number of fused-ring (bicyclic) bond motifs is 1. The lowest BCUT2D eigenvalue weighted by molar-refractivity contribution is 0.641. The lowest BCUT2D eigenvalue weighted by atomic mass is 10.1. The molecule has 0 bridgehead atoms. The molecular formula is C12H12FNS. The highest BCUT2D eigenvalue weighted by Gasteiger charge is 2.29. The number of thiophene rings is 1. The smallest absolute Gasteiger partial charge is 0.141 e. The van der Waals surface area contributed by atoms with E-state index in [0.717, 1.165) is 15.0 Å². The minimum absolute atomic E-state index is 0.112. The molecule has 1 nitrogen and oxygen atoms in total. The van der Waals surface area contributed by atoms with E-state index in [2.05, 4.69) is 0 Å². The number of halogens is 1. The molecule has 3 rings (SSSR count). The fourth-order valence-corrected chi connectivity index (χ4v) is 3.29. The van der Waals surface area contributed by atoms with Crippen LogP contribution in [0.2, 0.25) is 0 Å². The second kappa shape index (κ2) is 3.29. The van der Waals surface area contributed by atoms with Crippen LogP contribution in [-0.4, -0.2) is 0 Å². The first-order valence-corrected chi connectivity index (χ1v) is 6.02. The maximum atomic E-state index is 13.6. The van der Waals surface area contributed by atoms with Crippen LogP contribution >= 0.6 is 11.3 Å². The minimum atomic E-state index is -0.112. The normalized spacial score (nSPS) is 16.1. The van der Waals surface area contributed by atoms with Crippen molar-refractivity contribution in [3.05, 3.63) is 34.5 Å². The Morgan fingerprint density at radius 3 is 2.87 bits per heavy atom. The van der Waals surface area contributed by atoms with Gasteiger partial charge < -0.3 is 5.73 Å². The second-order valence-corrected chi connectivity index (χ2v) is 5.14. The molecule has 0 unspecified atom stereocenters. The van der Waals surface area contributed by atoms with Crippen molar-refractivity contribution in [1.82, 2.24) is 0 Å². The van der Waals surface area contributed by atoms with Crippen LogP contribution in [0.1, 0.15) is 29.2 Å². The van der Waals surface area contributed by atoms with Crippen molar-refractivity contribution in [2.24, 2.45) is 5.73 Å². The van der Waals surface area contributed by atoms with Crippen molar-refractivity contribution in [2.75, 3.05) is 0 Å². The topological polar surface area (TPSA) is 26.0 Å². The average molecular weight is 221 g/mol. The Morgan fingerprint density at radius 2 is 2.20 bits per heavy atom. The molecule has 1 saturated carbocycles. The number of nitrogens with two attached hydrogens (primary N) is 1. The Hall–Kier alpha value is -0.930. The summed E-state index contributed by atoms with van der Waals surface area (Å²) >= 11 is 1.52. The molecule has 1 aromatic carbocycles. The van der Waals surface area contributed by atoms with E-state index in [1.807, 2.05) is 6.07 Å². The Morgan fingerprint density at radius 1 is 1.40 bits per heavy atom. The van der Waals surface area contributed by atoms with Crippen LogP contribution in [0.5, 0.6) is 0 Å². The van der Waals surface area contributed by atoms with Gasteiger partial charge in [0.2, 0.25) is 0 Å². The third kappa shape index (κ3) is 1.38. The monoisotopic (exact) mass is 221 g/mol. The first kappa shape index (κ1) is 9.31. The van der Waals surface area contributed by atoms with Gasteiger partial charge in [0.25, 0.3) is 0 Å². The van der Waals surface area contributed by atoms with Crippen molar-refractivity contribution >= 4 is 21.4 Å². The minimum Gasteiger partial charge on any atom is -0.326 e. The Balaban J connectivity index is 2.33. The summed E-state index contributed by atoms with van der Waals surface area (Å²) in [6.07, 6.45) is 2.46. The molecule has 0 spiro atoms. The van der Waals surface area contributed by atoms with Gasteiger partial charge in [-0.05, 0) is 35.8 Å². The van der Waals surface area contributed by atoms with Gasteiger partial charge in [-0.25, -0.2) is 4.39 Å². The van der Waals surface area contributed by atoms with Crippen molar-refractivity contribution < 1.29 is 4.39 Å². The SMILES string of the molecule is NCc1sc2c(F)cccc2c1C1CC1. The van der Waals surface area contributed by atoms with Crippen molar-refractivity contribution in [2.45, 2.75) is 25.3 Å². The first-order chi connectivity index (χ1) is 7.31. The van der Waals surface area contributed by atoms with Crippen molar-refractivity contribution in [3.63, 3.8) is 0 Å². The van der Waals surface area contributed by atoms with E-state index in [-0.39, 0.29) is 5.82 Å². The van der Waals surface area contributed by atoms with Crippen LogP contribution in [-0.2, 0) is 6.54 Å². The zero-order chi connectivity index (χ0) is 10.4. The van der Waals surface area contributed by atoms with Gasteiger partial charge in [0, 0.05) is 11.4 Å². The summed E-state index contributed by atoms with van der Waals surface area (Å²) < 4.78 is 14.3. The summed E-state index contributed by atoms with van der Waals surface area (Å²) in [4.78, 5) is 1.16. The molecule has 2 aromatic rings. The maximum Gasteiger partial charge on any atom is 0.141 e. The molecule has 0 radical (unpaired) electrons. The fourth-order valence-electron chi connectivity index (χ4n) is 2.12. The highest BCUT2D eigenvalue weighted by Crippen LogP contribution is 2.48. The number of benzene rings is 1. The van der Waals surface area contributed by atoms with Crippen LogP contribution in [0, 0.1) is 5.82 Å². The average Bonchev–Trinajstić information content (AvgIpc) is 3.00. The molecule has 1 aliphatic carbocycles. The van der Waals surface area contributed by atoms with Gasteiger partial charge in [-0.1, -0.05) is 12.1 Å². The molecular weight excluding hydrogens is 209 g/mol. The third-order valence-electron chi connectivity index (χ3n) is 2.95. The van der Waals surface area contributed by atoms with Crippen molar-refractivity contribution in [1.29, 1.82) is 0 Å². The van der Waals surface area contributed by atoms with E-state index in [0.29, 0.717) is 12.5 Å². The molecule has 15 heavy (non-hydrogen) atoms. The highest BCUT2D eigenvalue weighted by atomic mass is 32.1. The molecule has 0 aliphatic heterocycles. The molecule has 1 heterocycles. The maximum absolute atomic E-state index is 13.6. The number of hydrogen-bond acceptors (Lipinski definition) is 2. The van der Waals surface area contributed by atoms with Gasteiger partial charge in [-0.3, -0.25) is 0 Å². The van der Waals surface area contributed by atoms with E-state index >= 15 is 0 Å². The van der Waals surface area contributed by atoms with Gasteiger partial charge in [-0.15, -0.1) is 11.3 Å². The van der Waals surface area contributed by atoms with Gasteiger partial charge in [-0.2, -0.15) is 0 Å². The molecule has 1 aromatic heterocycles. The standard InChI is InChI=1S/C12H12FNS/c13-9-3-1-2-8-11(7-4-5-7)10(6-14)15-12(8)9/h1-3,7H,4-6,14H2. The van der Waals surface area contributed by atoms with E-state index < -0.39 is 0 Å². The molecule has 0 saturated heterocycles. The predicted octanol–water partition coefficient (Wildman–Crippen LogP) is 3.38. The molecule has 78 valence electrons. The van der Waals surface area contributed by atoms with Crippen LogP contribution in [0.3, 0.4) is 0 Å². The highest BCUT2D eigenvalue weighted by molar-refractivity contribution is 7.19. The summed E-state index contributed by atoms with van der Waals surface area (Å²) in [6.45, 7) is 0.532. The summed E-state index contributed by atoms with van der Waals surface area (Å²) in [7, 11) is 0. The Kier molecular flexibility index (Phi) is 2.04. The molecule has 3 heteroatoms. The second-order valence-electron chi connectivity index (χ2n) is 4.03. The molecule has 2 N–H and O–H groups in total. The van der Waals surface area contributed by atoms with E-state index in [1.54, 1.807) is 6.07 Å². The van der Waals surface area contributed by atoms with Crippen LogP contribution in [0.25, 0.3) is 10.1 Å². The van der Waals surface area contributed by atoms with E-state index in [9.17, 15) is 4.39 Å². The van der Waals surface area contributed by atoms with E-state index in [1.165, 1.54) is 35.8 Å². The summed E-state index contributed by atoms with van der Waals surface area (Å²) in [5, 5.41) is 1.09. The Labute approximate surface area is 91.7 Å². The Bertz CT molecular complexity index is 514. The quantitative estimate of drug-likeness (QED) is 0.826. The van der Waals surface area contributed by atoms with Crippen molar-refractivity contribution in [3.8, 4) is 0 Å². The summed E-state index contributed by atoms with van der Waals surface area (Å²) in [5.74, 6) is 0.526. The third-order valence-corrected chi connectivity index (χ3v) is 4.21. The van der Waals surface area contributed by atoms with Gasteiger partial charge in [0.05, 0.1) is 4.70 Å². The first-order valence-electron chi connectivity index (χ1n) is 5.21.